The Labute approximate surface area is 128 Å². The Hall–Kier alpha value is -0.0651. The van der Waals surface area contributed by atoms with Crippen molar-refractivity contribution < 1.29 is 9.31 Å². The van der Waals surface area contributed by atoms with Crippen molar-refractivity contribution in [2.75, 3.05) is 0 Å². The van der Waals surface area contributed by atoms with Gasteiger partial charge < -0.3 is 15.0 Å². The zero-order valence-corrected chi connectivity index (χ0v) is 13.9. The van der Waals surface area contributed by atoms with Gasteiger partial charge in [0.15, 0.2) is 0 Å². The van der Waals surface area contributed by atoms with E-state index in [1.165, 1.54) is 0 Å². The molecule has 1 aromatic carbocycles. The molecule has 0 saturated carbocycles. The van der Waals surface area contributed by atoms with Gasteiger partial charge in [0.1, 0.15) is 0 Å². The molecule has 1 fully saturated rings. The Morgan fingerprint density at radius 1 is 1.21 bits per heavy atom. The number of nitrogens with two attached hydrogens (primary N) is 1. The van der Waals surface area contributed by atoms with Crippen LogP contribution in [0.1, 0.15) is 39.2 Å². The summed E-state index contributed by atoms with van der Waals surface area (Å²) in [6, 6.07) is 5.52. The molecule has 1 heterocycles. The Morgan fingerprint density at radius 2 is 1.74 bits per heavy atom. The summed E-state index contributed by atoms with van der Waals surface area (Å²) in [5.74, 6) is -0.368. The second kappa shape index (κ2) is 5.04. The lowest BCUT2D eigenvalue weighted by Gasteiger charge is -2.32. The van der Waals surface area contributed by atoms with Gasteiger partial charge in [-0.2, -0.15) is 0 Å². The van der Waals surface area contributed by atoms with E-state index in [4.69, 9.17) is 26.6 Å². The highest BCUT2D eigenvalue weighted by molar-refractivity contribution is 9.10. The molecular formula is C13H18BBrClNO2. The molecule has 1 atom stereocenters. The third kappa shape index (κ3) is 2.86. The maximum Gasteiger partial charge on any atom is 0.480 e. The van der Waals surface area contributed by atoms with E-state index < -0.39 is 7.12 Å². The van der Waals surface area contributed by atoms with Gasteiger partial charge in [0.05, 0.1) is 17.1 Å². The third-order valence-electron chi connectivity index (χ3n) is 3.89. The Bertz CT molecular complexity index is 480. The molecule has 104 valence electrons. The van der Waals surface area contributed by atoms with Crippen molar-refractivity contribution in [2.24, 2.45) is 5.73 Å². The topological polar surface area (TPSA) is 44.5 Å². The standard InChI is InChI=1S/C13H18BBrClNO2/c1-12(2)13(3,4)19-14(18-12)11(17)9-6-5-8(16)7-10(9)15/h5-7,11H,17H2,1-4H3/t11-/m1/s1. The molecule has 2 rings (SSSR count). The molecule has 0 unspecified atom stereocenters. The van der Waals surface area contributed by atoms with Gasteiger partial charge in [0.2, 0.25) is 0 Å². The third-order valence-corrected chi connectivity index (χ3v) is 4.81. The van der Waals surface area contributed by atoms with Gasteiger partial charge in [-0.3, -0.25) is 0 Å². The quantitative estimate of drug-likeness (QED) is 0.830. The minimum atomic E-state index is -0.470. The first-order chi connectivity index (χ1) is 8.64. The predicted molar refractivity (Wildman–Crippen MR) is 82.2 cm³/mol. The number of halogens is 2. The molecule has 0 amide bonds. The van der Waals surface area contributed by atoms with Crippen LogP contribution in [0.2, 0.25) is 5.02 Å². The van der Waals surface area contributed by atoms with Crippen LogP contribution in [-0.4, -0.2) is 18.3 Å². The monoisotopic (exact) mass is 345 g/mol. The summed E-state index contributed by atoms with van der Waals surface area (Å²) in [5.41, 5.74) is 6.43. The molecule has 0 spiro atoms. The summed E-state index contributed by atoms with van der Waals surface area (Å²) in [7, 11) is -0.470. The molecule has 1 aromatic rings. The van der Waals surface area contributed by atoms with Gasteiger partial charge in [-0.15, -0.1) is 0 Å². The highest BCUT2D eigenvalue weighted by atomic mass is 79.9. The Balaban J connectivity index is 2.24. The van der Waals surface area contributed by atoms with Crippen LogP contribution in [0, 0.1) is 0 Å². The van der Waals surface area contributed by atoms with E-state index in [9.17, 15) is 0 Å². The van der Waals surface area contributed by atoms with Crippen LogP contribution in [0.3, 0.4) is 0 Å². The molecule has 2 N–H and O–H groups in total. The van der Waals surface area contributed by atoms with Crippen LogP contribution in [0.5, 0.6) is 0 Å². The summed E-state index contributed by atoms with van der Waals surface area (Å²) in [6.07, 6.45) is 0. The van der Waals surface area contributed by atoms with Gasteiger partial charge in [0, 0.05) is 9.50 Å². The van der Waals surface area contributed by atoms with Crippen molar-refractivity contribution in [3.05, 3.63) is 33.3 Å². The lowest BCUT2D eigenvalue weighted by Crippen LogP contribution is -2.41. The van der Waals surface area contributed by atoms with Crippen molar-refractivity contribution in [1.82, 2.24) is 0 Å². The van der Waals surface area contributed by atoms with Crippen LogP contribution in [0.15, 0.2) is 22.7 Å². The average molecular weight is 346 g/mol. The first-order valence-corrected chi connectivity index (χ1v) is 7.37. The summed E-state index contributed by atoms with van der Waals surface area (Å²) in [4.78, 5) is 0. The Morgan fingerprint density at radius 3 is 2.21 bits per heavy atom. The molecule has 0 aromatic heterocycles. The molecule has 6 heteroatoms. The minimum absolute atomic E-state index is 0.368. The molecule has 1 saturated heterocycles. The molecule has 0 bridgehead atoms. The lowest BCUT2D eigenvalue weighted by atomic mass is 9.75. The Kier molecular flexibility index (Phi) is 4.07. The van der Waals surface area contributed by atoms with Gasteiger partial charge in [-0.1, -0.05) is 33.6 Å². The number of hydrogen-bond acceptors (Lipinski definition) is 3. The van der Waals surface area contributed by atoms with Crippen LogP contribution in [0.4, 0.5) is 0 Å². The van der Waals surface area contributed by atoms with Crippen LogP contribution < -0.4 is 5.73 Å². The molecule has 3 nitrogen and oxygen atoms in total. The van der Waals surface area contributed by atoms with Crippen LogP contribution in [0.25, 0.3) is 0 Å². The fourth-order valence-electron chi connectivity index (χ4n) is 1.95. The lowest BCUT2D eigenvalue weighted by molar-refractivity contribution is 0.00578. The van der Waals surface area contributed by atoms with Crippen molar-refractivity contribution in [1.29, 1.82) is 0 Å². The van der Waals surface area contributed by atoms with Gasteiger partial charge in [-0.05, 0) is 45.4 Å². The van der Waals surface area contributed by atoms with Gasteiger partial charge >= 0.3 is 7.12 Å². The highest BCUT2D eigenvalue weighted by Crippen LogP contribution is 2.40. The second-order valence-electron chi connectivity index (χ2n) is 5.82. The van der Waals surface area contributed by atoms with E-state index in [0.29, 0.717) is 5.02 Å². The molecular weight excluding hydrogens is 328 g/mol. The molecule has 0 radical (unpaired) electrons. The van der Waals surface area contributed by atoms with E-state index in [-0.39, 0.29) is 17.1 Å². The van der Waals surface area contributed by atoms with E-state index in [1.807, 2.05) is 45.9 Å². The summed E-state index contributed by atoms with van der Waals surface area (Å²) in [6.45, 7) is 8.04. The first kappa shape index (κ1) is 15.3. The van der Waals surface area contributed by atoms with E-state index in [1.54, 1.807) is 0 Å². The fraction of sp³-hybridized carbons (Fsp3) is 0.538. The van der Waals surface area contributed by atoms with E-state index in [2.05, 4.69) is 15.9 Å². The molecule has 19 heavy (non-hydrogen) atoms. The number of benzene rings is 1. The first-order valence-electron chi connectivity index (χ1n) is 6.20. The zero-order valence-electron chi connectivity index (χ0n) is 11.5. The number of hydrogen-bond donors (Lipinski definition) is 1. The summed E-state index contributed by atoms with van der Waals surface area (Å²) in [5, 5.41) is 0.664. The van der Waals surface area contributed by atoms with Crippen LogP contribution >= 0.6 is 27.5 Å². The van der Waals surface area contributed by atoms with E-state index >= 15 is 0 Å². The fourth-order valence-corrected chi connectivity index (χ4v) is 2.90. The number of rotatable bonds is 2. The summed E-state index contributed by atoms with van der Waals surface area (Å²) >= 11 is 9.41. The normalized spacial score (nSPS) is 22.6. The highest BCUT2D eigenvalue weighted by Gasteiger charge is 2.53. The van der Waals surface area contributed by atoms with Crippen molar-refractivity contribution in [3.63, 3.8) is 0 Å². The van der Waals surface area contributed by atoms with Crippen molar-refractivity contribution >= 4 is 34.6 Å². The average Bonchev–Trinajstić information content (AvgIpc) is 2.47. The largest absolute Gasteiger partial charge is 0.480 e. The van der Waals surface area contributed by atoms with Crippen LogP contribution in [-0.2, 0) is 9.31 Å². The minimum Gasteiger partial charge on any atom is -0.402 e. The van der Waals surface area contributed by atoms with Crippen molar-refractivity contribution in [3.8, 4) is 0 Å². The smallest absolute Gasteiger partial charge is 0.402 e. The van der Waals surface area contributed by atoms with Crippen molar-refractivity contribution in [2.45, 2.75) is 44.8 Å². The molecule has 0 aliphatic carbocycles. The summed E-state index contributed by atoms with van der Waals surface area (Å²) < 4.78 is 12.8. The van der Waals surface area contributed by atoms with E-state index in [0.717, 1.165) is 10.0 Å². The SMILES string of the molecule is CC1(C)OB([C@H](N)c2ccc(Cl)cc2Br)OC1(C)C. The van der Waals surface area contributed by atoms with Gasteiger partial charge in [-0.25, -0.2) is 0 Å². The van der Waals surface area contributed by atoms with Gasteiger partial charge in [0.25, 0.3) is 0 Å². The second-order valence-corrected chi connectivity index (χ2v) is 7.11. The maximum atomic E-state index is 6.27. The molecule has 1 aliphatic heterocycles. The maximum absolute atomic E-state index is 6.27. The zero-order chi connectivity index (χ0) is 14.4. The predicted octanol–water partition coefficient (Wildman–Crippen LogP) is 3.73. The molecule has 1 aliphatic rings.